The van der Waals surface area contributed by atoms with Gasteiger partial charge in [0.15, 0.2) is 0 Å². The van der Waals surface area contributed by atoms with E-state index in [2.05, 4.69) is 77.8 Å². The van der Waals surface area contributed by atoms with Gasteiger partial charge in [-0.25, -0.2) is 18.1 Å². The monoisotopic (exact) mass is 1150 g/mol. The molecule has 0 bridgehead atoms. The summed E-state index contributed by atoms with van der Waals surface area (Å²) in [5.41, 5.74) is 7.32. The van der Waals surface area contributed by atoms with Crippen LogP contribution in [0.5, 0.6) is 11.5 Å². The second-order valence-electron chi connectivity index (χ2n) is 22.6. The number of carbonyl (C=O) groups is 4. The van der Waals surface area contributed by atoms with Gasteiger partial charge in [0.25, 0.3) is 27.5 Å². The quantitative estimate of drug-likeness (QED) is 0.0326. The number of aromatic amines is 1. The SMILES string of the molecule is CC1(C)CCC(CN2CCN(c3ccc(C(=O)NS(=O)(=O)c4ccc(NCC5CCCN(CC#Cc6ccc7c(c6)CN(C6CCC(=O)NC6=O)C7=O)C5)c([N+](=O)[O-])c4)c(Oc4cnc5[nH]ccc5c4)c3)CC2)=C(c2ccc(Cl)cc2)C1. The van der Waals surface area contributed by atoms with Crippen molar-refractivity contribution < 1.29 is 37.3 Å². The second-order valence-corrected chi connectivity index (χ2v) is 24.7. The van der Waals surface area contributed by atoms with Crippen molar-refractivity contribution in [2.24, 2.45) is 11.3 Å². The Kier molecular flexibility index (Phi) is 15.9. The molecule has 1 aliphatic carbocycles. The van der Waals surface area contributed by atoms with Crippen molar-refractivity contribution in [1.82, 2.24) is 34.7 Å². The van der Waals surface area contributed by atoms with Gasteiger partial charge in [0.05, 0.1) is 28.1 Å². The van der Waals surface area contributed by atoms with Crippen LogP contribution in [0, 0.1) is 33.3 Å². The number of H-pyrrole nitrogens is 1. The van der Waals surface area contributed by atoms with Gasteiger partial charge in [-0.05, 0) is 140 Å². The molecule has 19 nitrogen and oxygen atoms in total. The number of ether oxygens (including phenoxy) is 1. The highest BCUT2D eigenvalue weighted by atomic mass is 35.5. The van der Waals surface area contributed by atoms with Crippen LogP contribution < -0.4 is 25.0 Å². The minimum Gasteiger partial charge on any atom is -0.455 e. The molecule has 82 heavy (non-hydrogen) atoms. The first-order valence-electron chi connectivity index (χ1n) is 27.7. The number of likely N-dealkylation sites (tertiary alicyclic amines) is 1. The van der Waals surface area contributed by atoms with Gasteiger partial charge in [-0.1, -0.05) is 55.0 Å². The van der Waals surface area contributed by atoms with E-state index in [-0.39, 0.29) is 59.5 Å². The molecule has 4 aromatic carbocycles. The van der Waals surface area contributed by atoms with Crippen molar-refractivity contribution in [1.29, 1.82) is 0 Å². The van der Waals surface area contributed by atoms with Crippen LogP contribution in [0.1, 0.15) is 96.2 Å². The van der Waals surface area contributed by atoms with Gasteiger partial charge in [-0.3, -0.25) is 44.4 Å². The van der Waals surface area contributed by atoms with Crippen LogP contribution in [0.25, 0.3) is 16.6 Å². The number of hydrogen-bond acceptors (Lipinski definition) is 14. The van der Waals surface area contributed by atoms with Crippen molar-refractivity contribution in [2.45, 2.75) is 76.3 Å². The summed E-state index contributed by atoms with van der Waals surface area (Å²) in [5.74, 6) is 4.94. The number of allylic oxidation sites excluding steroid dienone is 1. The van der Waals surface area contributed by atoms with Gasteiger partial charge < -0.3 is 24.8 Å². The fraction of sp³-hybridized carbons (Fsp3) is 0.361. The van der Waals surface area contributed by atoms with Gasteiger partial charge in [-0.15, -0.1) is 0 Å². The molecule has 0 spiro atoms. The smallest absolute Gasteiger partial charge is 0.293 e. The number of nitro groups is 1. The maximum Gasteiger partial charge on any atom is 0.293 e. The lowest BCUT2D eigenvalue weighted by Crippen LogP contribution is -2.52. The summed E-state index contributed by atoms with van der Waals surface area (Å²) in [4.78, 5) is 78.7. The van der Waals surface area contributed by atoms with E-state index in [9.17, 15) is 37.7 Å². The highest BCUT2D eigenvalue weighted by Gasteiger charge is 2.39. The lowest BCUT2D eigenvalue weighted by Gasteiger charge is -2.39. The standard InChI is InChI=1S/C61H63ClN10O9S/c1-61(2)21-19-43(51(33-61)41-8-10-45(62)11-9-41)37-69-25-27-70(28-26-69)46-12-15-50(55(31-46)81-47-30-42-20-22-63-57(42)65-35-47)58(74)67-82(79,80)48-13-16-52(54(32-48)72(77)78)64-34-40-6-4-24-68(36-40)23-3-5-39-7-14-49-44(29-39)38-71(60(49)76)53-17-18-56(73)66-59(53)75/h7-16,20,22,29-32,35,40,53,64H,4,6,17-19,21,23-28,33-34,36-38H2,1-2H3,(H,63,65)(H,67,74)(H,66,73,75). The van der Waals surface area contributed by atoms with E-state index in [1.54, 1.807) is 36.5 Å². The van der Waals surface area contributed by atoms with Crippen molar-refractivity contribution >= 4 is 78.9 Å². The molecule has 2 atom stereocenters. The zero-order chi connectivity index (χ0) is 57.3. The number of halogens is 1. The third-order valence-electron chi connectivity index (χ3n) is 16.3. The van der Waals surface area contributed by atoms with Crippen LogP contribution in [-0.2, 0) is 26.2 Å². The molecule has 4 aliphatic heterocycles. The molecule has 11 rings (SSSR count). The predicted molar refractivity (Wildman–Crippen MR) is 312 cm³/mol. The number of anilines is 2. The van der Waals surface area contributed by atoms with E-state index in [1.807, 2.05) is 24.3 Å². The maximum atomic E-state index is 14.2. The van der Waals surface area contributed by atoms with Gasteiger partial charge in [0.2, 0.25) is 11.8 Å². The molecule has 0 saturated carbocycles. The van der Waals surface area contributed by atoms with Crippen molar-refractivity contribution in [3.63, 3.8) is 0 Å². The van der Waals surface area contributed by atoms with Crippen LogP contribution in [0.15, 0.2) is 114 Å². The number of piperazine rings is 1. The van der Waals surface area contributed by atoms with E-state index in [4.69, 9.17) is 16.3 Å². The Hall–Kier alpha value is -8.09. The zero-order valence-corrected chi connectivity index (χ0v) is 47.2. The molecule has 4 amide bonds. The Bertz CT molecular complexity index is 3730. The number of nitrogens with zero attached hydrogens (tertiary/aromatic N) is 6. The number of nitrogens with one attached hydrogen (secondary N) is 4. The Morgan fingerprint density at radius 3 is 2.55 bits per heavy atom. The van der Waals surface area contributed by atoms with Crippen LogP contribution >= 0.6 is 11.6 Å². The molecular weight excluding hydrogens is 1080 g/mol. The Morgan fingerprint density at radius 2 is 1.76 bits per heavy atom. The second kappa shape index (κ2) is 23.4. The van der Waals surface area contributed by atoms with Crippen molar-refractivity contribution in [2.75, 3.05) is 69.1 Å². The van der Waals surface area contributed by atoms with E-state index in [0.29, 0.717) is 54.7 Å². The fourth-order valence-electron chi connectivity index (χ4n) is 11.8. The van der Waals surface area contributed by atoms with Crippen LogP contribution in [0.3, 0.4) is 0 Å². The predicted octanol–water partition coefficient (Wildman–Crippen LogP) is 8.76. The maximum absolute atomic E-state index is 14.2. The molecule has 3 saturated heterocycles. The average Bonchev–Trinajstić information content (AvgIpc) is 3.60. The zero-order valence-electron chi connectivity index (χ0n) is 45.6. The molecule has 2 aromatic heterocycles. The number of fused-ring (bicyclic) bond motifs is 2. The largest absolute Gasteiger partial charge is 0.455 e. The van der Waals surface area contributed by atoms with Gasteiger partial charge >= 0.3 is 0 Å². The van der Waals surface area contributed by atoms with Crippen LogP contribution in [0.2, 0.25) is 5.02 Å². The van der Waals surface area contributed by atoms with Gasteiger partial charge in [0.1, 0.15) is 28.9 Å². The number of rotatable bonds is 15. The highest BCUT2D eigenvalue weighted by Crippen LogP contribution is 2.44. The van der Waals surface area contributed by atoms with E-state index in [0.717, 1.165) is 86.6 Å². The average molecular weight is 1150 g/mol. The number of sulfonamides is 1. The number of nitro benzene ring substituents is 1. The van der Waals surface area contributed by atoms with Gasteiger partial charge in [0, 0.05) is 104 Å². The minimum atomic E-state index is -4.65. The number of benzene rings is 4. The summed E-state index contributed by atoms with van der Waals surface area (Å²) in [6.45, 7) is 11.1. The van der Waals surface area contributed by atoms with Gasteiger partial charge in [-0.2, -0.15) is 0 Å². The molecule has 424 valence electrons. The Balaban J connectivity index is 0.730. The third kappa shape index (κ3) is 12.5. The number of amides is 4. The topological polar surface area (TPSA) is 233 Å². The lowest BCUT2D eigenvalue weighted by molar-refractivity contribution is -0.384. The number of piperidine rings is 2. The Labute approximate surface area is 480 Å². The van der Waals surface area contributed by atoms with Crippen LogP contribution in [0.4, 0.5) is 17.1 Å². The number of aromatic nitrogens is 2. The van der Waals surface area contributed by atoms with E-state index < -0.39 is 43.4 Å². The number of pyridine rings is 1. The summed E-state index contributed by atoms with van der Waals surface area (Å²) in [7, 11) is -4.65. The normalized spacial score (nSPS) is 19.6. The number of imide groups is 1. The Morgan fingerprint density at radius 1 is 0.939 bits per heavy atom. The molecule has 4 N–H and O–H groups in total. The number of carbonyl (C=O) groups excluding carboxylic acids is 4. The first-order chi connectivity index (χ1) is 39.4. The molecular formula is C61H63ClN10O9S. The van der Waals surface area contributed by atoms with E-state index >= 15 is 0 Å². The summed E-state index contributed by atoms with van der Waals surface area (Å²) in [6.07, 6.45) is 8.61. The summed E-state index contributed by atoms with van der Waals surface area (Å²) in [5, 5.41) is 19.5. The highest BCUT2D eigenvalue weighted by molar-refractivity contribution is 7.90. The molecule has 2 unspecified atom stereocenters. The molecule has 21 heteroatoms. The minimum absolute atomic E-state index is 0.0664. The first-order valence-corrected chi connectivity index (χ1v) is 29.6. The third-order valence-corrected chi connectivity index (χ3v) is 17.9. The fourth-order valence-corrected chi connectivity index (χ4v) is 12.9. The molecule has 6 heterocycles. The molecule has 6 aromatic rings. The lowest BCUT2D eigenvalue weighted by atomic mass is 9.72. The molecule has 0 radical (unpaired) electrons. The first kappa shape index (κ1) is 55.8. The summed E-state index contributed by atoms with van der Waals surface area (Å²) < 4.78 is 36.5. The number of hydrogen-bond donors (Lipinski definition) is 4. The van der Waals surface area contributed by atoms with E-state index in [1.165, 1.54) is 46.0 Å². The van der Waals surface area contributed by atoms with Crippen molar-refractivity contribution in [3.8, 4) is 23.3 Å². The van der Waals surface area contributed by atoms with Crippen molar-refractivity contribution in [3.05, 3.63) is 152 Å². The molecule has 5 aliphatic rings. The summed E-state index contributed by atoms with van der Waals surface area (Å²) >= 11 is 6.27. The van der Waals surface area contributed by atoms with Crippen LogP contribution in [-0.4, -0.2) is 127 Å². The molecule has 3 fully saturated rings. The summed E-state index contributed by atoms with van der Waals surface area (Å²) in [6, 6.07) is 25.0.